The Kier molecular flexibility index (Phi) is 7.09. The number of rotatable bonds is 8. The second-order valence-electron chi connectivity index (χ2n) is 5.17. The molecule has 0 saturated carbocycles. The highest BCUT2D eigenvalue weighted by Gasteiger charge is 2.16. The highest BCUT2D eigenvalue weighted by molar-refractivity contribution is 5.76. The first kappa shape index (κ1) is 16.5. The van der Waals surface area contributed by atoms with E-state index in [0.29, 0.717) is 26.0 Å². The lowest BCUT2D eigenvalue weighted by Gasteiger charge is -2.26. The number of benzene rings is 1. The first-order valence-corrected chi connectivity index (χ1v) is 7.14. The summed E-state index contributed by atoms with van der Waals surface area (Å²) in [7, 11) is 0. The van der Waals surface area contributed by atoms with Gasteiger partial charge < -0.3 is 14.7 Å². The first-order valence-electron chi connectivity index (χ1n) is 7.14. The largest absolute Gasteiger partial charge is 0.493 e. The van der Waals surface area contributed by atoms with E-state index in [2.05, 4.69) is 0 Å². The second kappa shape index (κ2) is 8.59. The molecule has 1 aromatic carbocycles. The van der Waals surface area contributed by atoms with Crippen molar-refractivity contribution in [1.29, 1.82) is 0 Å². The lowest BCUT2D eigenvalue weighted by atomic mass is 10.2. The van der Waals surface area contributed by atoms with E-state index in [0.717, 1.165) is 5.75 Å². The van der Waals surface area contributed by atoms with Crippen molar-refractivity contribution in [2.24, 2.45) is 0 Å². The van der Waals surface area contributed by atoms with E-state index >= 15 is 0 Å². The van der Waals surface area contributed by atoms with Crippen molar-refractivity contribution < 1.29 is 14.6 Å². The predicted molar refractivity (Wildman–Crippen MR) is 79.8 cm³/mol. The van der Waals surface area contributed by atoms with E-state index in [1.807, 2.05) is 45.0 Å². The van der Waals surface area contributed by atoms with Gasteiger partial charge in [-0.05, 0) is 39.3 Å². The van der Waals surface area contributed by atoms with Crippen molar-refractivity contribution in [1.82, 2.24) is 4.90 Å². The number of aliphatic hydroxyl groups is 1. The normalized spacial score (nSPS) is 10.7. The monoisotopic (exact) mass is 279 g/mol. The Hall–Kier alpha value is -1.55. The van der Waals surface area contributed by atoms with Gasteiger partial charge in [-0.1, -0.05) is 17.7 Å². The maximum Gasteiger partial charge on any atom is 0.226 e. The number of aliphatic hydroxyl groups excluding tert-OH is 1. The Morgan fingerprint density at radius 3 is 2.50 bits per heavy atom. The average molecular weight is 279 g/mol. The van der Waals surface area contributed by atoms with Gasteiger partial charge in [0.2, 0.25) is 5.91 Å². The summed E-state index contributed by atoms with van der Waals surface area (Å²) in [5.74, 6) is 0.857. The summed E-state index contributed by atoms with van der Waals surface area (Å²) in [6.45, 7) is 7.07. The van der Waals surface area contributed by atoms with E-state index in [9.17, 15) is 4.79 Å². The summed E-state index contributed by atoms with van der Waals surface area (Å²) in [6.07, 6.45) is 0.972. The van der Waals surface area contributed by atoms with Crippen LogP contribution >= 0.6 is 0 Å². The third-order valence-electron chi connectivity index (χ3n) is 3.11. The number of nitrogens with zero attached hydrogens (tertiary/aromatic N) is 1. The molecular formula is C16H25NO3. The molecule has 0 aliphatic heterocycles. The molecule has 1 aromatic rings. The van der Waals surface area contributed by atoms with Crippen LogP contribution < -0.4 is 4.74 Å². The van der Waals surface area contributed by atoms with Crippen molar-refractivity contribution >= 4 is 5.91 Å². The quantitative estimate of drug-likeness (QED) is 0.795. The minimum atomic E-state index is 0.0700. The summed E-state index contributed by atoms with van der Waals surface area (Å²) in [5, 5.41) is 8.86. The number of hydrogen-bond donors (Lipinski definition) is 1. The molecule has 0 aliphatic carbocycles. The molecule has 0 saturated heterocycles. The van der Waals surface area contributed by atoms with E-state index in [-0.39, 0.29) is 18.6 Å². The van der Waals surface area contributed by atoms with Crippen molar-refractivity contribution in [2.45, 2.75) is 39.7 Å². The molecule has 0 atom stereocenters. The third-order valence-corrected chi connectivity index (χ3v) is 3.11. The van der Waals surface area contributed by atoms with Gasteiger partial charge in [0.1, 0.15) is 5.75 Å². The van der Waals surface area contributed by atoms with Crippen LogP contribution in [-0.2, 0) is 4.79 Å². The minimum Gasteiger partial charge on any atom is -0.493 e. The van der Waals surface area contributed by atoms with E-state index in [1.165, 1.54) is 5.56 Å². The predicted octanol–water partition coefficient (Wildman–Crippen LogP) is 2.38. The van der Waals surface area contributed by atoms with E-state index < -0.39 is 0 Å². The maximum absolute atomic E-state index is 12.1. The van der Waals surface area contributed by atoms with Gasteiger partial charge in [0, 0.05) is 19.2 Å². The molecule has 0 aromatic heterocycles. The van der Waals surface area contributed by atoms with Gasteiger partial charge in [0.05, 0.1) is 13.0 Å². The van der Waals surface area contributed by atoms with Gasteiger partial charge in [0.25, 0.3) is 0 Å². The molecule has 1 amide bonds. The summed E-state index contributed by atoms with van der Waals surface area (Å²) in [4.78, 5) is 13.9. The molecule has 112 valence electrons. The minimum absolute atomic E-state index is 0.0700. The number of amides is 1. The van der Waals surface area contributed by atoms with Gasteiger partial charge in [-0.3, -0.25) is 4.79 Å². The van der Waals surface area contributed by atoms with Crippen LogP contribution in [0.4, 0.5) is 0 Å². The standard InChI is InChI=1S/C16H25NO3/c1-13(2)17(10-4-11-18)16(19)9-12-20-15-7-5-14(3)6-8-15/h5-8,13,18H,4,9-12H2,1-3H3. The molecule has 0 unspecified atom stereocenters. The van der Waals surface area contributed by atoms with E-state index in [1.54, 1.807) is 4.90 Å². The van der Waals surface area contributed by atoms with Crippen LogP contribution in [0.5, 0.6) is 5.75 Å². The smallest absolute Gasteiger partial charge is 0.226 e. The Labute approximate surface area is 121 Å². The Morgan fingerprint density at radius 2 is 1.95 bits per heavy atom. The lowest BCUT2D eigenvalue weighted by Crippen LogP contribution is -2.38. The summed E-state index contributed by atoms with van der Waals surface area (Å²) in [6, 6.07) is 7.93. The molecule has 0 fully saturated rings. The van der Waals surface area contributed by atoms with Gasteiger partial charge in [-0.25, -0.2) is 0 Å². The Balaban J connectivity index is 2.38. The molecule has 0 radical (unpaired) electrons. The van der Waals surface area contributed by atoms with Crippen LogP contribution in [0.15, 0.2) is 24.3 Å². The van der Waals surface area contributed by atoms with E-state index in [4.69, 9.17) is 9.84 Å². The number of hydrogen-bond acceptors (Lipinski definition) is 3. The molecule has 0 spiro atoms. The van der Waals surface area contributed by atoms with Crippen LogP contribution in [-0.4, -0.2) is 41.7 Å². The fourth-order valence-electron chi connectivity index (χ4n) is 1.95. The van der Waals surface area contributed by atoms with Crippen molar-refractivity contribution in [3.63, 3.8) is 0 Å². The first-order chi connectivity index (χ1) is 9.54. The molecule has 4 heteroatoms. The van der Waals surface area contributed by atoms with Gasteiger partial charge in [-0.2, -0.15) is 0 Å². The third kappa shape index (κ3) is 5.61. The maximum atomic E-state index is 12.1. The van der Waals surface area contributed by atoms with Crippen LogP contribution in [0.2, 0.25) is 0 Å². The Bertz CT molecular complexity index is 401. The van der Waals surface area contributed by atoms with Gasteiger partial charge >= 0.3 is 0 Å². The molecule has 4 nitrogen and oxygen atoms in total. The highest BCUT2D eigenvalue weighted by Crippen LogP contribution is 2.12. The second-order valence-corrected chi connectivity index (χ2v) is 5.17. The zero-order chi connectivity index (χ0) is 15.0. The highest BCUT2D eigenvalue weighted by atomic mass is 16.5. The molecule has 1 N–H and O–H groups in total. The van der Waals surface area contributed by atoms with Crippen LogP contribution in [0.3, 0.4) is 0 Å². The molecule has 0 bridgehead atoms. The number of aryl methyl sites for hydroxylation is 1. The van der Waals surface area contributed by atoms with Crippen molar-refractivity contribution in [2.75, 3.05) is 19.8 Å². The van der Waals surface area contributed by atoms with Crippen LogP contribution in [0.25, 0.3) is 0 Å². The molecule has 0 heterocycles. The van der Waals surface area contributed by atoms with Crippen molar-refractivity contribution in [3.8, 4) is 5.75 Å². The summed E-state index contributed by atoms with van der Waals surface area (Å²) >= 11 is 0. The molecule has 1 rings (SSSR count). The lowest BCUT2D eigenvalue weighted by molar-refractivity contribution is -0.133. The zero-order valence-electron chi connectivity index (χ0n) is 12.6. The van der Waals surface area contributed by atoms with Gasteiger partial charge in [0.15, 0.2) is 0 Å². The average Bonchev–Trinajstić information content (AvgIpc) is 2.41. The SMILES string of the molecule is Cc1ccc(OCCC(=O)N(CCCO)C(C)C)cc1. The summed E-state index contributed by atoms with van der Waals surface area (Å²) in [5.41, 5.74) is 1.18. The number of carbonyl (C=O) groups excluding carboxylic acids is 1. The van der Waals surface area contributed by atoms with Crippen LogP contribution in [0, 0.1) is 6.92 Å². The molecule has 0 aliphatic rings. The van der Waals surface area contributed by atoms with Crippen LogP contribution in [0.1, 0.15) is 32.3 Å². The molecule has 20 heavy (non-hydrogen) atoms. The van der Waals surface area contributed by atoms with Gasteiger partial charge in [-0.15, -0.1) is 0 Å². The topological polar surface area (TPSA) is 49.8 Å². The fourth-order valence-corrected chi connectivity index (χ4v) is 1.95. The zero-order valence-corrected chi connectivity index (χ0v) is 12.6. The number of ether oxygens (including phenoxy) is 1. The fraction of sp³-hybridized carbons (Fsp3) is 0.562. The summed E-state index contributed by atoms with van der Waals surface area (Å²) < 4.78 is 5.57. The number of carbonyl (C=O) groups is 1. The van der Waals surface area contributed by atoms with Crippen molar-refractivity contribution in [3.05, 3.63) is 29.8 Å². The Morgan fingerprint density at radius 1 is 1.30 bits per heavy atom. The molecular weight excluding hydrogens is 254 g/mol.